The third kappa shape index (κ3) is 1.73. The molecule has 0 saturated carbocycles. The Labute approximate surface area is 81.8 Å². The van der Waals surface area contributed by atoms with Gasteiger partial charge in [-0.3, -0.25) is 0 Å². The number of anilines is 1. The zero-order valence-corrected chi connectivity index (χ0v) is 8.27. The molecule has 13 heavy (non-hydrogen) atoms. The van der Waals surface area contributed by atoms with Gasteiger partial charge in [0.05, 0.1) is 0 Å². The highest BCUT2D eigenvalue weighted by atomic mass is 32.1. The Kier molecular flexibility index (Phi) is 2.07. The molecule has 1 nitrogen and oxygen atoms in total. The van der Waals surface area contributed by atoms with Gasteiger partial charge in [-0.25, -0.2) is 0 Å². The number of hydrogen-bond donors (Lipinski definition) is 1. The largest absolute Gasteiger partial charge is 0.399 e. The van der Waals surface area contributed by atoms with Crippen LogP contribution in [-0.2, 0) is 0 Å². The maximum atomic E-state index is 5.71. The summed E-state index contributed by atoms with van der Waals surface area (Å²) in [7, 11) is 0. The minimum Gasteiger partial charge on any atom is -0.399 e. The number of aryl methyl sites for hydroxylation is 1. The summed E-state index contributed by atoms with van der Waals surface area (Å²) in [4.78, 5) is 2.61. The van der Waals surface area contributed by atoms with Gasteiger partial charge >= 0.3 is 0 Å². The summed E-state index contributed by atoms with van der Waals surface area (Å²) >= 11 is 1.79. The third-order valence-electron chi connectivity index (χ3n) is 1.91. The summed E-state index contributed by atoms with van der Waals surface area (Å²) in [5, 5.41) is 0. The first kappa shape index (κ1) is 8.32. The van der Waals surface area contributed by atoms with Gasteiger partial charge < -0.3 is 5.73 Å². The number of thiophene rings is 1. The molecule has 0 aliphatic heterocycles. The van der Waals surface area contributed by atoms with Crippen LogP contribution in [0.4, 0.5) is 5.69 Å². The standard InChI is InChI=1S/C11H11NS/c1-8-5-6-11(13-8)9-3-2-4-10(12)7-9/h2-7H,12H2,1H3. The van der Waals surface area contributed by atoms with E-state index in [-0.39, 0.29) is 0 Å². The monoisotopic (exact) mass is 189 g/mol. The predicted molar refractivity (Wildman–Crippen MR) is 58.9 cm³/mol. The summed E-state index contributed by atoms with van der Waals surface area (Å²) in [6.45, 7) is 2.11. The molecule has 2 aromatic rings. The van der Waals surface area contributed by atoms with Crippen LogP contribution in [0.1, 0.15) is 4.88 Å². The summed E-state index contributed by atoms with van der Waals surface area (Å²) in [5.74, 6) is 0. The molecule has 0 unspecified atom stereocenters. The maximum absolute atomic E-state index is 5.71. The highest BCUT2D eigenvalue weighted by Gasteiger charge is 1.99. The van der Waals surface area contributed by atoms with Crippen molar-refractivity contribution in [2.24, 2.45) is 0 Å². The van der Waals surface area contributed by atoms with Crippen molar-refractivity contribution in [3.63, 3.8) is 0 Å². The number of rotatable bonds is 1. The molecule has 0 atom stereocenters. The van der Waals surface area contributed by atoms with Gasteiger partial charge in [0, 0.05) is 15.4 Å². The van der Waals surface area contributed by atoms with Crippen LogP contribution in [0.5, 0.6) is 0 Å². The average Bonchev–Trinajstić information content (AvgIpc) is 2.52. The van der Waals surface area contributed by atoms with Crippen molar-refractivity contribution in [1.29, 1.82) is 0 Å². The molecule has 0 bridgehead atoms. The second kappa shape index (κ2) is 3.23. The van der Waals surface area contributed by atoms with Crippen LogP contribution in [0.25, 0.3) is 10.4 Å². The lowest BCUT2D eigenvalue weighted by molar-refractivity contribution is 1.64. The Morgan fingerprint density at radius 2 is 2.00 bits per heavy atom. The van der Waals surface area contributed by atoms with Crippen molar-refractivity contribution in [3.05, 3.63) is 41.3 Å². The van der Waals surface area contributed by atoms with E-state index in [1.165, 1.54) is 15.3 Å². The first-order chi connectivity index (χ1) is 6.25. The van der Waals surface area contributed by atoms with Crippen LogP contribution in [0, 0.1) is 6.92 Å². The lowest BCUT2D eigenvalue weighted by atomic mass is 10.2. The molecule has 0 aliphatic rings. The van der Waals surface area contributed by atoms with Crippen LogP contribution in [0.2, 0.25) is 0 Å². The number of nitrogens with two attached hydrogens (primary N) is 1. The van der Waals surface area contributed by atoms with Crippen molar-refractivity contribution in [2.45, 2.75) is 6.92 Å². The van der Waals surface area contributed by atoms with Gasteiger partial charge in [-0.15, -0.1) is 11.3 Å². The van der Waals surface area contributed by atoms with Gasteiger partial charge in [0.25, 0.3) is 0 Å². The lowest BCUT2D eigenvalue weighted by Gasteiger charge is -1.97. The van der Waals surface area contributed by atoms with E-state index < -0.39 is 0 Å². The fourth-order valence-electron chi connectivity index (χ4n) is 1.28. The van der Waals surface area contributed by atoms with Gasteiger partial charge in [-0.1, -0.05) is 12.1 Å². The second-order valence-electron chi connectivity index (χ2n) is 3.04. The maximum Gasteiger partial charge on any atom is 0.0346 e. The van der Waals surface area contributed by atoms with E-state index in [1.807, 2.05) is 18.2 Å². The van der Waals surface area contributed by atoms with Crippen molar-refractivity contribution in [1.82, 2.24) is 0 Å². The van der Waals surface area contributed by atoms with E-state index in [0.717, 1.165) is 5.69 Å². The van der Waals surface area contributed by atoms with E-state index in [4.69, 9.17) is 5.73 Å². The molecule has 0 fully saturated rings. The fraction of sp³-hybridized carbons (Fsp3) is 0.0909. The minimum absolute atomic E-state index is 0.823. The van der Waals surface area contributed by atoms with Gasteiger partial charge in [-0.05, 0) is 36.8 Å². The van der Waals surface area contributed by atoms with Crippen molar-refractivity contribution >= 4 is 17.0 Å². The van der Waals surface area contributed by atoms with E-state index in [1.54, 1.807) is 11.3 Å². The molecule has 2 heteroatoms. The molecule has 0 aliphatic carbocycles. The van der Waals surface area contributed by atoms with Crippen LogP contribution in [0.15, 0.2) is 36.4 Å². The summed E-state index contributed by atoms with van der Waals surface area (Å²) in [6, 6.07) is 12.2. The first-order valence-corrected chi connectivity index (χ1v) is 5.00. The Hall–Kier alpha value is -1.28. The number of nitrogen functional groups attached to an aromatic ring is 1. The number of benzene rings is 1. The quantitative estimate of drug-likeness (QED) is 0.684. The van der Waals surface area contributed by atoms with E-state index in [9.17, 15) is 0 Å². The summed E-state index contributed by atoms with van der Waals surface area (Å²) in [6.07, 6.45) is 0. The Morgan fingerprint density at radius 3 is 2.62 bits per heavy atom. The topological polar surface area (TPSA) is 26.0 Å². The van der Waals surface area contributed by atoms with E-state index in [0.29, 0.717) is 0 Å². The highest BCUT2D eigenvalue weighted by molar-refractivity contribution is 7.15. The van der Waals surface area contributed by atoms with Gasteiger partial charge in [0.15, 0.2) is 0 Å². The average molecular weight is 189 g/mol. The minimum atomic E-state index is 0.823. The smallest absolute Gasteiger partial charge is 0.0346 e. The van der Waals surface area contributed by atoms with Gasteiger partial charge in [-0.2, -0.15) is 0 Å². The van der Waals surface area contributed by atoms with Crippen LogP contribution < -0.4 is 5.73 Å². The summed E-state index contributed by atoms with van der Waals surface area (Å²) < 4.78 is 0. The lowest BCUT2D eigenvalue weighted by Crippen LogP contribution is -1.83. The molecular weight excluding hydrogens is 178 g/mol. The normalized spacial score (nSPS) is 10.2. The molecule has 1 heterocycles. The Morgan fingerprint density at radius 1 is 1.15 bits per heavy atom. The molecule has 0 radical (unpaired) electrons. The van der Waals surface area contributed by atoms with E-state index in [2.05, 4.69) is 25.1 Å². The fourth-order valence-corrected chi connectivity index (χ4v) is 2.15. The zero-order chi connectivity index (χ0) is 9.26. The highest BCUT2D eigenvalue weighted by Crippen LogP contribution is 2.28. The molecule has 0 spiro atoms. The molecule has 0 amide bonds. The number of hydrogen-bond acceptors (Lipinski definition) is 2. The predicted octanol–water partition coefficient (Wildman–Crippen LogP) is 3.31. The second-order valence-corrected chi connectivity index (χ2v) is 4.32. The van der Waals surface area contributed by atoms with Crippen molar-refractivity contribution in [2.75, 3.05) is 5.73 Å². The molecule has 2 N–H and O–H groups in total. The van der Waals surface area contributed by atoms with Crippen LogP contribution in [0.3, 0.4) is 0 Å². The molecule has 2 rings (SSSR count). The first-order valence-electron chi connectivity index (χ1n) is 4.18. The van der Waals surface area contributed by atoms with E-state index >= 15 is 0 Å². The van der Waals surface area contributed by atoms with Gasteiger partial charge in [0.2, 0.25) is 0 Å². The van der Waals surface area contributed by atoms with Crippen molar-refractivity contribution in [3.8, 4) is 10.4 Å². The zero-order valence-electron chi connectivity index (χ0n) is 7.45. The van der Waals surface area contributed by atoms with Crippen LogP contribution >= 0.6 is 11.3 Å². The molecule has 66 valence electrons. The Bertz CT molecular complexity index is 418. The Balaban J connectivity index is 2.46. The molecule has 0 saturated heterocycles. The molecular formula is C11H11NS. The van der Waals surface area contributed by atoms with Gasteiger partial charge in [0.1, 0.15) is 0 Å². The third-order valence-corrected chi connectivity index (χ3v) is 2.96. The summed E-state index contributed by atoms with van der Waals surface area (Å²) in [5.41, 5.74) is 7.74. The van der Waals surface area contributed by atoms with Crippen LogP contribution in [-0.4, -0.2) is 0 Å². The molecule has 1 aromatic heterocycles. The van der Waals surface area contributed by atoms with Crippen molar-refractivity contribution < 1.29 is 0 Å². The molecule has 1 aromatic carbocycles. The SMILES string of the molecule is Cc1ccc(-c2cccc(N)c2)s1.